The van der Waals surface area contributed by atoms with E-state index in [-0.39, 0.29) is 11.3 Å². The molecule has 2 N–H and O–H groups in total. The quantitative estimate of drug-likeness (QED) is 0.350. The standard InChI is InChI=1S/C16H19NO5/c1-4-17-10-12(16(19)20)13(18)7-5-11-6-8-14(21-2)15(9-11)22-3/h5-10,18H,4H2,1-3H3,(H,19,20)/b7-5+,13-12-,17-10?. The Hall–Kier alpha value is -2.76. The number of ether oxygens (including phenoxy) is 2. The summed E-state index contributed by atoms with van der Waals surface area (Å²) in [4.78, 5) is 14.9. The molecule has 0 atom stereocenters. The predicted octanol–water partition coefficient (Wildman–Crippen LogP) is 2.70. The van der Waals surface area contributed by atoms with Crippen LogP contribution >= 0.6 is 0 Å². The lowest BCUT2D eigenvalue weighted by molar-refractivity contribution is -0.132. The van der Waals surface area contributed by atoms with Crippen LogP contribution in [0.2, 0.25) is 0 Å². The molecule has 1 rings (SSSR count). The minimum Gasteiger partial charge on any atom is -0.507 e. The second-order valence-electron chi connectivity index (χ2n) is 4.18. The van der Waals surface area contributed by atoms with E-state index in [1.54, 1.807) is 31.2 Å². The molecule has 0 saturated heterocycles. The van der Waals surface area contributed by atoms with Crippen molar-refractivity contribution in [1.82, 2.24) is 0 Å². The second-order valence-corrected chi connectivity index (χ2v) is 4.18. The zero-order chi connectivity index (χ0) is 16.5. The number of nitrogens with zero attached hydrogens (tertiary/aromatic N) is 1. The van der Waals surface area contributed by atoms with Gasteiger partial charge in [0, 0.05) is 12.8 Å². The average molecular weight is 305 g/mol. The molecule has 0 heterocycles. The molecule has 1 aromatic rings. The van der Waals surface area contributed by atoms with Crippen molar-refractivity contribution in [3.63, 3.8) is 0 Å². The highest BCUT2D eigenvalue weighted by atomic mass is 16.5. The van der Waals surface area contributed by atoms with Gasteiger partial charge in [-0.3, -0.25) is 4.99 Å². The zero-order valence-electron chi connectivity index (χ0n) is 12.7. The minimum absolute atomic E-state index is 0.265. The van der Waals surface area contributed by atoms with Gasteiger partial charge in [-0.15, -0.1) is 0 Å². The van der Waals surface area contributed by atoms with Gasteiger partial charge in [0.25, 0.3) is 0 Å². The topological polar surface area (TPSA) is 88.4 Å². The maximum absolute atomic E-state index is 11.1. The van der Waals surface area contributed by atoms with Crippen molar-refractivity contribution in [2.45, 2.75) is 6.92 Å². The number of aliphatic imine (C=N–C) groups is 1. The summed E-state index contributed by atoms with van der Waals surface area (Å²) in [5.74, 6) is -0.494. The maximum Gasteiger partial charge on any atom is 0.341 e. The molecule has 118 valence electrons. The Labute approximate surface area is 129 Å². The Bertz CT molecular complexity index is 617. The van der Waals surface area contributed by atoms with E-state index in [0.29, 0.717) is 18.0 Å². The number of aliphatic hydroxyl groups excluding tert-OH is 1. The van der Waals surface area contributed by atoms with E-state index in [1.807, 2.05) is 0 Å². The van der Waals surface area contributed by atoms with Gasteiger partial charge in [-0.25, -0.2) is 4.79 Å². The van der Waals surface area contributed by atoms with Gasteiger partial charge in [0.15, 0.2) is 11.5 Å². The van der Waals surface area contributed by atoms with Gasteiger partial charge in [-0.05, 0) is 30.7 Å². The molecule has 0 fully saturated rings. The summed E-state index contributed by atoms with van der Waals surface area (Å²) in [6.45, 7) is 2.20. The summed E-state index contributed by atoms with van der Waals surface area (Å²) in [5.41, 5.74) is 0.458. The van der Waals surface area contributed by atoms with E-state index in [0.717, 1.165) is 11.8 Å². The molecule has 6 heteroatoms. The molecule has 6 nitrogen and oxygen atoms in total. The van der Waals surface area contributed by atoms with Gasteiger partial charge in [-0.1, -0.05) is 12.1 Å². The van der Waals surface area contributed by atoms with Crippen molar-refractivity contribution in [2.75, 3.05) is 20.8 Å². The maximum atomic E-state index is 11.1. The Morgan fingerprint density at radius 2 is 1.91 bits per heavy atom. The highest BCUT2D eigenvalue weighted by Crippen LogP contribution is 2.28. The lowest BCUT2D eigenvalue weighted by Crippen LogP contribution is -2.05. The van der Waals surface area contributed by atoms with Gasteiger partial charge >= 0.3 is 5.97 Å². The molecule has 0 aliphatic rings. The zero-order valence-corrected chi connectivity index (χ0v) is 12.7. The van der Waals surface area contributed by atoms with Crippen LogP contribution in [0.3, 0.4) is 0 Å². The summed E-state index contributed by atoms with van der Waals surface area (Å²) >= 11 is 0. The van der Waals surface area contributed by atoms with E-state index in [9.17, 15) is 9.90 Å². The number of aliphatic carboxylic acids is 1. The van der Waals surface area contributed by atoms with Crippen molar-refractivity contribution in [2.24, 2.45) is 4.99 Å². The summed E-state index contributed by atoms with van der Waals surface area (Å²) in [6, 6.07) is 5.19. The lowest BCUT2D eigenvalue weighted by atomic mass is 10.1. The van der Waals surface area contributed by atoms with E-state index >= 15 is 0 Å². The number of aliphatic hydroxyl groups is 1. The molecule has 0 aliphatic carbocycles. The largest absolute Gasteiger partial charge is 0.507 e. The number of carbonyl (C=O) groups is 1. The van der Waals surface area contributed by atoms with Crippen LogP contribution in [0.5, 0.6) is 11.5 Å². The first-order valence-electron chi connectivity index (χ1n) is 6.60. The molecule has 0 aromatic heterocycles. The van der Waals surface area contributed by atoms with Crippen LogP contribution in [0.25, 0.3) is 6.08 Å². The number of hydrogen-bond donors (Lipinski definition) is 2. The molecular weight excluding hydrogens is 286 g/mol. The smallest absolute Gasteiger partial charge is 0.341 e. The summed E-state index contributed by atoms with van der Waals surface area (Å²) in [7, 11) is 3.06. The van der Waals surface area contributed by atoms with Crippen LogP contribution in [-0.2, 0) is 4.79 Å². The Kier molecular flexibility index (Phi) is 6.69. The summed E-state index contributed by atoms with van der Waals surface area (Å²) < 4.78 is 10.3. The molecule has 0 unspecified atom stereocenters. The minimum atomic E-state index is -1.24. The Balaban J connectivity index is 3.08. The fourth-order valence-electron chi connectivity index (χ4n) is 1.63. The van der Waals surface area contributed by atoms with Gasteiger partial charge < -0.3 is 19.7 Å². The average Bonchev–Trinajstić information content (AvgIpc) is 2.52. The van der Waals surface area contributed by atoms with Crippen LogP contribution in [0.1, 0.15) is 12.5 Å². The van der Waals surface area contributed by atoms with Crippen LogP contribution < -0.4 is 9.47 Å². The van der Waals surface area contributed by atoms with E-state index in [1.165, 1.54) is 20.3 Å². The fraction of sp³-hybridized carbons (Fsp3) is 0.250. The molecule has 1 aromatic carbocycles. The second kappa shape index (κ2) is 8.51. The normalized spacial score (nSPS) is 12.5. The number of carboxylic acid groups (broad SMARTS) is 1. The molecule has 0 bridgehead atoms. The number of rotatable bonds is 7. The highest BCUT2D eigenvalue weighted by molar-refractivity contribution is 6.09. The van der Waals surface area contributed by atoms with Crippen molar-refractivity contribution in [1.29, 1.82) is 0 Å². The van der Waals surface area contributed by atoms with Crippen LogP contribution in [0.4, 0.5) is 0 Å². The van der Waals surface area contributed by atoms with Crippen molar-refractivity contribution >= 4 is 18.3 Å². The molecule has 0 spiro atoms. The van der Waals surface area contributed by atoms with Gasteiger partial charge in [0.2, 0.25) is 0 Å². The molecule has 0 saturated carbocycles. The number of allylic oxidation sites excluding steroid dienone is 1. The third kappa shape index (κ3) is 4.66. The monoisotopic (exact) mass is 305 g/mol. The predicted molar refractivity (Wildman–Crippen MR) is 84.9 cm³/mol. The van der Waals surface area contributed by atoms with Gasteiger partial charge in [-0.2, -0.15) is 0 Å². The molecule has 0 amide bonds. The van der Waals surface area contributed by atoms with Crippen molar-refractivity contribution < 1.29 is 24.5 Å². The first-order valence-corrected chi connectivity index (χ1v) is 6.60. The molecule has 0 radical (unpaired) electrons. The third-order valence-corrected chi connectivity index (χ3v) is 2.75. The van der Waals surface area contributed by atoms with Gasteiger partial charge in [0.1, 0.15) is 11.3 Å². The van der Waals surface area contributed by atoms with E-state index < -0.39 is 5.97 Å². The van der Waals surface area contributed by atoms with Crippen LogP contribution in [0, 0.1) is 0 Å². The summed E-state index contributed by atoms with van der Waals surface area (Å²) in [5, 5.41) is 18.9. The number of methoxy groups -OCH3 is 2. The van der Waals surface area contributed by atoms with Gasteiger partial charge in [0.05, 0.1) is 14.2 Å². The number of benzene rings is 1. The molecule has 22 heavy (non-hydrogen) atoms. The number of hydrogen-bond acceptors (Lipinski definition) is 5. The van der Waals surface area contributed by atoms with Crippen LogP contribution in [0.15, 0.2) is 40.6 Å². The molecular formula is C16H19NO5. The first-order chi connectivity index (χ1) is 10.5. The third-order valence-electron chi connectivity index (χ3n) is 2.75. The first kappa shape index (κ1) is 17.3. The van der Waals surface area contributed by atoms with E-state index in [2.05, 4.69) is 4.99 Å². The fourth-order valence-corrected chi connectivity index (χ4v) is 1.63. The van der Waals surface area contributed by atoms with Crippen molar-refractivity contribution in [3.8, 4) is 11.5 Å². The molecule has 0 aliphatic heterocycles. The van der Waals surface area contributed by atoms with E-state index in [4.69, 9.17) is 14.6 Å². The Morgan fingerprint density at radius 1 is 1.23 bits per heavy atom. The SMILES string of the molecule is CCN=C/C(C(=O)O)=C(O)\C=C\c1ccc(OC)c(OC)c1. The summed E-state index contributed by atoms with van der Waals surface area (Å²) in [6.07, 6.45) is 4.00. The highest BCUT2D eigenvalue weighted by Gasteiger charge is 2.09. The lowest BCUT2D eigenvalue weighted by Gasteiger charge is -2.07. The number of carboxylic acids is 1. The van der Waals surface area contributed by atoms with Crippen molar-refractivity contribution in [3.05, 3.63) is 41.2 Å². The van der Waals surface area contributed by atoms with Crippen LogP contribution in [-0.4, -0.2) is 43.2 Å². The Morgan fingerprint density at radius 3 is 2.45 bits per heavy atom.